The molecule has 3 nitrogen and oxygen atoms in total. The van der Waals surface area contributed by atoms with Crippen LogP contribution in [0.5, 0.6) is 0 Å². The summed E-state index contributed by atoms with van der Waals surface area (Å²) in [7, 11) is 0. The van der Waals surface area contributed by atoms with E-state index in [0.717, 1.165) is 31.7 Å². The van der Waals surface area contributed by atoms with Gasteiger partial charge >= 0.3 is 0 Å². The van der Waals surface area contributed by atoms with E-state index in [1.807, 2.05) is 4.90 Å². The Morgan fingerprint density at radius 3 is 2.65 bits per heavy atom. The quantitative estimate of drug-likeness (QED) is 0.815. The minimum atomic E-state index is 0.297. The van der Waals surface area contributed by atoms with Crippen LogP contribution < -0.4 is 5.73 Å². The van der Waals surface area contributed by atoms with E-state index in [1.54, 1.807) is 0 Å². The van der Waals surface area contributed by atoms with Crippen molar-refractivity contribution in [3.63, 3.8) is 0 Å². The fourth-order valence-electron chi connectivity index (χ4n) is 3.45. The molecule has 1 saturated heterocycles. The van der Waals surface area contributed by atoms with Crippen molar-refractivity contribution in [1.82, 2.24) is 4.90 Å². The van der Waals surface area contributed by atoms with Gasteiger partial charge in [0.25, 0.3) is 0 Å². The van der Waals surface area contributed by atoms with Gasteiger partial charge in [-0.2, -0.15) is 0 Å². The fourth-order valence-corrected chi connectivity index (χ4v) is 3.45. The summed E-state index contributed by atoms with van der Waals surface area (Å²) in [6.07, 6.45) is 8.37. The highest BCUT2D eigenvalue weighted by molar-refractivity contribution is 5.76. The lowest BCUT2D eigenvalue weighted by atomic mass is 10.0. The van der Waals surface area contributed by atoms with Gasteiger partial charge in [0.2, 0.25) is 5.91 Å². The lowest BCUT2D eigenvalue weighted by Gasteiger charge is -2.26. The number of carbonyl (C=O) groups excluding carboxylic acids is 1. The van der Waals surface area contributed by atoms with Crippen LogP contribution in [-0.4, -0.2) is 29.9 Å². The normalized spacial score (nSPS) is 30.1. The van der Waals surface area contributed by atoms with Crippen LogP contribution in [0.25, 0.3) is 0 Å². The molecule has 1 aliphatic heterocycles. The largest absolute Gasteiger partial charge is 0.338 e. The maximum atomic E-state index is 12.2. The first-order valence-electron chi connectivity index (χ1n) is 7.22. The molecule has 2 unspecified atom stereocenters. The van der Waals surface area contributed by atoms with Crippen LogP contribution >= 0.6 is 0 Å². The predicted molar refractivity (Wildman–Crippen MR) is 69.5 cm³/mol. The molecule has 0 aromatic rings. The minimum Gasteiger partial charge on any atom is -0.338 e. The molecule has 3 heteroatoms. The monoisotopic (exact) mass is 238 g/mol. The molecular formula is C14H26N2O. The second-order valence-corrected chi connectivity index (χ2v) is 5.85. The molecule has 0 aromatic carbocycles. The molecule has 0 radical (unpaired) electrons. The first-order valence-corrected chi connectivity index (χ1v) is 7.22. The molecule has 1 saturated carbocycles. The van der Waals surface area contributed by atoms with E-state index in [9.17, 15) is 4.79 Å². The number of hydrogen-bond donors (Lipinski definition) is 1. The van der Waals surface area contributed by atoms with Crippen molar-refractivity contribution >= 4 is 5.91 Å². The standard InChI is InChI=1S/C14H26N2O/c1-11-8-9-16(13(11)10-15)14(17)7-6-12-4-2-3-5-12/h11-13H,2-10,15H2,1H3. The SMILES string of the molecule is CC1CCN(C(=O)CCC2CCCC2)C1CN. The van der Waals surface area contributed by atoms with Gasteiger partial charge in [0, 0.05) is 25.6 Å². The van der Waals surface area contributed by atoms with E-state index in [0.29, 0.717) is 24.4 Å². The van der Waals surface area contributed by atoms with E-state index < -0.39 is 0 Å². The summed E-state index contributed by atoms with van der Waals surface area (Å²) in [5.74, 6) is 1.74. The number of likely N-dealkylation sites (tertiary alicyclic amines) is 1. The zero-order valence-electron chi connectivity index (χ0n) is 11.0. The Hall–Kier alpha value is -0.570. The minimum absolute atomic E-state index is 0.297. The van der Waals surface area contributed by atoms with Gasteiger partial charge in [-0.05, 0) is 24.7 Å². The van der Waals surface area contributed by atoms with Crippen LogP contribution in [0.1, 0.15) is 51.9 Å². The van der Waals surface area contributed by atoms with Crippen LogP contribution in [0.2, 0.25) is 0 Å². The fraction of sp³-hybridized carbons (Fsp3) is 0.929. The lowest BCUT2D eigenvalue weighted by Crippen LogP contribution is -2.42. The van der Waals surface area contributed by atoms with Gasteiger partial charge in [0.15, 0.2) is 0 Å². The predicted octanol–water partition coefficient (Wildman–Crippen LogP) is 2.15. The topological polar surface area (TPSA) is 46.3 Å². The zero-order valence-corrected chi connectivity index (χ0v) is 11.0. The highest BCUT2D eigenvalue weighted by Gasteiger charge is 2.33. The summed E-state index contributed by atoms with van der Waals surface area (Å²) in [5.41, 5.74) is 5.78. The Labute approximate surface area is 105 Å². The average Bonchev–Trinajstić information content (AvgIpc) is 2.94. The molecule has 0 aromatic heterocycles. The number of amides is 1. The molecule has 2 fully saturated rings. The van der Waals surface area contributed by atoms with Crippen LogP contribution in [0.3, 0.4) is 0 Å². The third-order valence-electron chi connectivity index (χ3n) is 4.69. The number of nitrogens with zero attached hydrogens (tertiary/aromatic N) is 1. The first kappa shape index (κ1) is 12.9. The Balaban J connectivity index is 1.78. The van der Waals surface area contributed by atoms with Gasteiger partial charge in [-0.15, -0.1) is 0 Å². The maximum Gasteiger partial charge on any atom is 0.222 e. The Kier molecular flexibility index (Phi) is 4.43. The van der Waals surface area contributed by atoms with Crippen LogP contribution in [0.4, 0.5) is 0 Å². The second kappa shape index (κ2) is 5.85. The second-order valence-electron chi connectivity index (χ2n) is 5.85. The highest BCUT2D eigenvalue weighted by Crippen LogP contribution is 2.30. The summed E-state index contributed by atoms with van der Waals surface area (Å²) in [6.45, 7) is 3.75. The zero-order chi connectivity index (χ0) is 12.3. The van der Waals surface area contributed by atoms with E-state index in [-0.39, 0.29) is 0 Å². The lowest BCUT2D eigenvalue weighted by molar-refractivity contribution is -0.132. The highest BCUT2D eigenvalue weighted by atomic mass is 16.2. The summed E-state index contributed by atoms with van der Waals surface area (Å²) < 4.78 is 0. The van der Waals surface area contributed by atoms with Gasteiger partial charge in [-0.25, -0.2) is 0 Å². The van der Waals surface area contributed by atoms with Crippen molar-refractivity contribution < 1.29 is 4.79 Å². The van der Waals surface area contributed by atoms with Crippen molar-refractivity contribution in [1.29, 1.82) is 0 Å². The Morgan fingerprint density at radius 2 is 2.00 bits per heavy atom. The maximum absolute atomic E-state index is 12.2. The first-order chi connectivity index (χ1) is 8.22. The van der Waals surface area contributed by atoms with Crippen molar-refractivity contribution in [2.75, 3.05) is 13.1 Å². The molecule has 2 N–H and O–H groups in total. The molecule has 1 heterocycles. The molecule has 98 valence electrons. The molecule has 2 rings (SSSR count). The summed E-state index contributed by atoms with van der Waals surface area (Å²) in [6, 6.07) is 0.297. The number of nitrogens with two attached hydrogens (primary N) is 1. The Morgan fingerprint density at radius 1 is 1.29 bits per heavy atom. The van der Waals surface area contributed by atoms with Crippen LogP contribution in [0.15, 0.2) is 0 Å². The number of rotatable bonds is 4. The molecular weight excluding hydrogens is 212 g/mol. The smallest absolute Gasteiger partial charge is 0.222 e. The molecule has 0 bridgehead atoms. The van der Waals surface area contributed by atoms with Crippen molar-refractivity contribution in [3.05, 3.63) is 0 Å². The summed E-state index contributed by atoms with van der Waals surface area (Å²) in [4.78, 5) is 14.2. The summed E-state index contributed by atoms with van der Waals surface area (Å²) in [5, 5.41) is 0. The molecule has 2 atom stereocenters. The van der Waals surface area contributed by atoms with Gasteiger partial charge in [0.1, 0.15) is 0 Å². The van der Waals surface area contributed by atoms with Gasteiger partial charge in [-0.1, -0.05) is 32.6 Å². The summed E-state index contributed by atoms with van der Waals surface area (Å²) >= 11 is 0. The van der Waals surface area contributed by atoms with E-state index >= 15 is 0 Å². The van der Waals surface area contributed by atoms with Crippen molar-refractivity contribution in [3.8, 4) is 0 Å². The molecule has 0 spiro atoms. The third kappa shape index (κ3) is 3.01. The van der Waals surface area contributed by atoms with E-state index in [2.05, 4.69) is 6.92 Å². The van der Waals surface area contributed by atoms with Crippen LogP contribution in [0, 0.1) is 11.8 Å². The van der Waals surface area contributed by atoms with Crippen LogP contribution in [-0.2, 0) is 4.79 Å². The van der Waals surface area contributed by atoms with Crippen molar-refractivity contribution in [2.45, 2.75) is 57.9 Å². The van der Waals surface area contributed by atoms with E-state index in [1.165, 1.54) is 25.7 Å². The molecule has 1 aliphatic carbocycles. The van der Waals surface area contributed by atoms with Gasteiger partial charge in [-0.3, -0.25) is 4.79 Å². The number of hydrogen-bond acceptors (Lipinski definition) is 2. The van der Waals surface area contributed by atoms with E-state index in [4.69, 9.17) is 5.73 Å². The molecule has 1 amide bonds. The number of carbonyl (C=O) groups is 1. The average molecular weight is 238 g/mol. The van der Waals surface area contributed by atoms with Crippen molar-refractivity contribution in [2.24, 2.45) is 17.6 Å². The molecule has 17 heavy (non-hydrogen) atoms. The third-order valence-corrected chi connectivity index (χ3v) is 4.69. The van der Waals surface area contributed by atoms with Gasteiger partial charge < -0.3 is 10.6 Å². The Bertz CT molecular complexity index is 261. The van der Waals surface area contributed by atoms with Gasteiger partial charge in [0.05, 0.1) is 0 Å². The molecule has 2 aliphatic rings.